The molecule has 0 fully saturated rings. The van der Waals surface area contributed by atoms with Crippen molar-refractivity contribution in [1.29, 1.82) is 0 Å². The summed E-state index contributed by atoms with van der Waals surface area (Å²) in [5.74, 6) is -1.30. The topological polar surface area (TPSA) is 58.9 Å². The summed E-state index contributed by atoms with van der Waals surface area (Å²) in [7, 11) is 4.54. The normalized spacial score (nSPS) is 11.6. The van der Waals surface area contributed by atoms with E-state index in [0.29, 0.717) is 33.3 Å². The average molecular weight is 586 g/mol. The molecule has 5 rings (SSSR count). The number of carbonyl (C=O) groups excluding carboxylic acids is 1. The van der Waals surface area contributed by atoms with Crippen LogP contribution < -0.4 is 4.74 Å². The average Bonchev–Trinajstić information content (AvgIpc) is 3.37. The maximum Gasteiger partial charge on any atom is 0.337 e. The van der Waals surface area contributed by atoms with E-state index < -0.39 is 17.2 Å². The van der Waals surface area contributed by atoms with E-state index in [1.165, 1.54) is 25.3 Å². The summed E-state index contributed by atoms with van der Waals surface area (Å²) in [5.41, 5.74) is 3.94. The molecule has 0 radical (unpaired) electrons. The molecule has 0 N–H and O–H groups in total. The van der Waals surface area contributed by atoms with Gasteiger partial charge in [-0.1, -0.05) is 42.5 Å². The third-order valence-corrected chi connectivity index (χ3v) is 7.44. The number of rotatable bonds is 11. The van der Waals surface area contributed by atoms with Crippen LogP contribution >= 0.6 is 0 Å². The molecule has 6 nitrogen and oxygen atoms in total. The van der Waals surface area contributed by atoms with Crippen LogP contribution in [-0.4, -0.2) is 45.1 Å². The molecule has 0 spiro atoms. The Morgan fingerprint density at radius 3 is 2.07 bits per heavy atom. The zero-order valence-corrected chi connectivity index (χ0v) is 24.5. The third-order valence-electron chi connectivity index (χ3n) is 7.44. The standard InChI is InChI=1S/C35H33F2NO5/c1-35(21-40-2,22-41-3)33-30(24-10-12-25(13-11-24)34(39)42-4)31-29(38(33)27-16-14-26(36)15-17-27)19-18-28(37)32(31)43-20-23-8-6-5-7-9-23/h5-19H,20-22H2,1-4H3. The van der Waals surface area contributed by atoms with Crippen LogP contribution in [0.5, 0.6) is 5.75 Å². The van der Waals surface area contributed by atoms with Crippen molar-refractivity contribution < 1.29 is 32.5 Å². The quantitative estimate of drug-likeness (QED) is 0.150. The molecule has 1 aromatic heterocycles. The van der Waals surface area contributed by atoms with Crippen LogP contribution in [0.25, 0.3) is 27.7 Å². The minimum absolute atomic E-state index is 0.0766. The Bertz CT molecular complexity index is 1710. The fourth-order valence-corrected chi connectivity index (χ4v) is 5.61. The molecule has 0 aliphatic heterocycles. The molecule has 0 saturated carbocycles. The number of carbonyl (C=O) groups is 1. The van der Waals surface area contributed by atoms with E-state index in [4.69, 9.17) is 18.9 Å². The van der Waals surface area contributed by atoms with Gasteiger partial charge in [0, 0.05) is 31.2 Å². The Morgan fingerprint density at radius 1 is 0.814 bits per heavy atom. The molecule has 1 heterocycles. The second-order valence-corrected chi connectivity index (χ2v) is 10.6. The number of methoxy groups -OCH3 is 3. The molecule has 5 aromatic rings. The largest absolute Gasteiger partial charge is 0.485 e. The second kappa shape index (κ2) is 12.8. The Hall–Kier alpha value is -4.53. The van der Waals surface area contributed by atoms with E-state index in [1.54, 1.807) is 56.7 Å². The van der Waals surface area contributed by atoms with Gasteiger partial charge in [0.1, 0.15) is 12.4 Å². The highest BCUT2D eigenvalue weighted by molar-refractivity contribution is 6.04. The number of aromatic nitrogens is 1. The first-order valence-electron chi connectivity index (χ1n) is 13.8. The Labute approximate surface area is 249 Å². The van der Waals surface area contributed by atoms with Crippen LogP contribution in [0, 0.1) is 11.6 Å². The summed E-state index contributed by atoms with van der Waals surface area (Å²) in [5, 5.41) is 0.527. The number of benzene rings is 4. The van der Waals surface area contributed by atoms with Crippen LogP contribution in [0.3, 0.4) is 0 Å². The summed E-state index contributed by atoms with van der Waals surface area (Å²) >= 11 is 0. The molecule has 0 amide bonds. The number of nitrogens with zero attached hydrogens (tertiary/aromatic N) is 1. The number of ether oxygens (including phenoxy) is 4. The minimum atomic E-state index is -0.763. The van der Waals surface area contributed by atoms with Gasteiger partial charge in [0.05, 0.1) is 42.2 Å². The first-order chi connectivity index (χ1) is 20.8. The lowest BCUT2D eigenvalue weighted by molar-refractivity contribution is 0.0600. The van der Waals surface area contributed by atoms with Crippen molar-refractivity contribution in [3.63, 3.8) is 0 Å². The molecule has 0 unspecified atom stereocenters. The summed E-state index contributed by atoms with van der Waals surface area (Å²) in [6.45, 7) is 2.66. The van der Waals surface area contributed by atoms with E-state index >= 15 is 4.39 Å². The van der Waals surface area contributed by atoms with Crippen LogP contribution in [0.4, 0.5) is 8.78 Å². The molecule has 0 aliphatic carbocycles. The third kappa shape index (κ3) is 5.89. The van der Waals surface area contributed by atoms with E-state index in [0.717, 1.165) is 11.3 Å². The molecular weight excluding hydrogens is 552 g/mol. The molecular formula is C35H33F2NO5. The van der Waals surface area contributed by atoms with Crippen molar-refractivity contribution in [3.05, 3.63) is 119 Å². The summed E-state index contributed by atoms with van der Waals surface area (Å²) in [6, 6.07) is 25.6. The SMILES string of the molecule is COCC(C)(COC)c1c(-c2ccc(C(=O)OC)cc2)c2c(OCc3ccccc3)c(F)ccc2n1-c1ccc(F)cc1. The Balaban J connectivity index is 1.89. The lowest BCUT2D eigenvalue weighted by Gasteiger charge is -2.31. The molecule has 222 valence electrons. The first-order valence-corrected chi connectivity index (χ1v) is 13.8. The summed E-state index contributed by atoms with van der Waals surface area (Å²) in [6.07, 6.45) is 0. The molecule has 0 saturated heterocycles. The zero-order chi connectivity index (χ0) is 30.6. The number of fused-ring (bicyclic) bond motifs is 1. The Morgan fingerprint density at radius 2 is 1.47 bits per heavy atom. The van der Waals surface area contributed by atoms with E-state index in [2.05, 4.69) is 0 Å². The summed E-state index contributed by atoms with van der Waals surface area (Å²) < 4.78 is 54.5. The smallest absolute Gasteiger partial charge is 0.337 e. The molecule has 0 bridgehead atoms. The van der Waals surface area contributed by atoms with Gasteiger partial charge < -0.3 is 23.5 Å². The maximum absolute atomic E-state index is 15.8. The van der Waals surface area contributed by atoms with Gasteiger partial charge in [0.25, 0.3) is 0 Å². The Kier molecular flexibility index (Phi) is 8.89. The van der Waals surface area contributed by atoms with Gasteiger partial charge in [0.2, 0.25) is 0 Å². The van der Waals surface area contributed by atoms with E-state index in [-0.39, 0.29) is 31.4 Å². The lowest BCUT2D eigenvalue weighted by Crippen LogP contribution is -2.35. The maximum atomic E-state index is 15.8. The van der Waals surface area contributed by atoms with Gasteiger partial charge in [-0.05, 0) is 66.6 Å². The van der Waals surface area contributed by atoms with Gasteiger partial charge in [0.15, 0.2) is 11.6 Å². The van der Waals surface area contributed by atoms with Gasteiger partial charge in [-0.2, -0.15) is 0 Å². The van der Waals surface area contributed by atoms with Crippen LogP contribution in [-0.2, 0) is 26.2 Å². The number of hydrogen-bond acceptors (Lipinski definition) is 5. The van der Waals surface area contributed by atoms with E-state index in [9.17, 15) is 9.18 Å². The van der Waals surface area contributed by atoms with Crippen LogP contribution in [0.1, 0.15) is 28.5 Å². The highest BCUT2D eigenvalue weighted by Crippen LogP contribution is 2.47. The number of hydrogen-bond donors (Lipinski definition) is 0. The highest BCUT2D eigenvalue weighted by atomic mass is 19.1. The van der Waals surface area contributed by atoms with Crippen molar-refractivity contribution in [1.82, 2.24) is 4.57 Å². The number of esters is 1. The van der Waals surface area contributed by atoms with Crippen LogP contribution in [0.2, 0.25) is 0 Å². The predicted octanol–water partition coefficient (Wildman–Crippen LogP) is 7.49. The zero-order valence-electron chi connectivity index (χ0n) is 24.5. The molecule has 0 aliphatic rings. The lowest BCUT2D eigenvalue weighted by atomic mass is 9.83. The number of halogens is 2. The van der Waals surface area contributed by atoms with Crippen molar-refractivity contribution in [2.45, 2.75) is 18.9 Å². The highest BCUT2D eigenvalue weighted by Gasteiger charge is 2.37. The fraction of sp³-hybridized carbons (Fsp3) is 0.229. The minimum Gasteiger partial charge on any atom is -0.485 e. The van der Waals surface area contributed by atoms with Gasteiger partial charge in [-0.25, -0.2) is 13.6 Å². The molecule has 8 heteroatoms. The van der Waals surface area contributed by atoms with Gasteiger partial charge in [-0.15, -0.1) is 0 Å². The molecule has 0 atom stereocenters. The second-order valence-electron chi connectivity index (χ2n) is 10.6. The molecule has 4 aromatic carbocycles. The monoisotopic (exact) mass is 585 g/mol. The molecule has 43 heavy (non-hydrogen) atoms. The van der Waals surface area contributed by atoms with Crippen molar-refractivity contribution in [3.8, 4) is 22.6 Å². The van der Waals surface area contributed by atoms with Crippen molar-refractivity contribution in [2.75, 3.05) is 34.5 Å². The van der Waals surface area contributed by atoms with Crippen molar-refractivity contribution in [2.24, 2.45) is 0 Å². The van der Waals surface area contributed by atoms with Crippen LogP contribution in [0.15, 0.2) is 91.0 Å². The fourth-order valence-electron chi connectivity index (χ4n) is 5.61. The summed E-state index contributed by atoms with van der Waals surface area (Å²) in [4.78, 5) is 12.2. The first kappa shape index (κ1) is 29.9. The van der Waals surface area contributed by atoms with Gasteiger partial charge >= 0.3 is 5.97 Å². The predicted molar refractivity (Wildman–Crippen MR) is 162 cm³/mol. The van der Waals surface area contributed by atoms with E-state index in [1.807, 2.05) is 41.8 Å². The van der Waals surface area contributed by atoms with Gasteiger partial charge in [-0.3, -0.25) is 0 Å². The van der Waals surface area contributed by atoms with Crippen molar-refractivity contribution >= 4 is 16.9 Å².